The minimum atomic E-state index is -0.820. The van der Waals surface area contributed by atoms with Crippen LogP contribution in [0.15, 0.2) is 46.4 Å². The number of aliphatic hydroxyl groups is 1. The van der Waals surface area contributed by atoms with Gasteiger partial charge in [-0.2, -0.15) is 0 Å². The third-order valence-corrected chi connectivity index (χ3v) is 6.19. The van der Waals surface area contributed by atoms with Crippen molar-refractivity contribution in [1.82, 2.24) is 9.80 Å². The van der Waals surface area contributed by atoms with Gasteiger partial charge in [-0.15, -0.1) is 0 Å². The van der Waals surface area contributed by atoms with Crippen LogP contribution in [0.5, 0.6) is 17.2 Å². The predicted octanol–water partition coefficient (Wildman–Crippen LogP) is 3.85. The number of ether oxygens (including phenoxy) is 3. The molecule has 8 nitrogen and oxygen atoms in total. The van der Waals surface area contributed by atoms with Gasteiger partial charge in [-0.1, -0.05) is 28.1 Å². The van der Waals surface area contributed by atoms with Crippen molar-refractivity contribution in [2.75, 3.05) is 48.5 Å². The first-order chi connectivity index (χ1) is 16.2. The van der Waals surface area contributed by atoms with Crippen LogP contribution in [-0.4, -0.2) is 75.1 Å². The smallest absolute Gasteiger partial charge is 0.295 e. The Balaban J connectivity index is 2.21. The van der Waals surface area contributed by atoms with Crippen molar-refractivity contribution >= 4 is 33.4 Å². The predicted molar refractivity (Wildman–Crippen MR) is 132 cm³/mol. The highest BCUT2D eigenvalue weighted by Crippen LogP contribution is 2.45. The van der Waals surface area contributed by atoms with Crippen LogP contribution in [0, 0.1) is 0 Å². The lowest BCUT2D eigenvalue weighted by Crippen LogP contribution is -2.32. The first kappa shape index (κ1) is 25.6. The largest absolute Gasteiger partial charge is 0.507 e. The summed E-state index contributed by atoms with van der Waals surface area (Å²) in [6, 6.07) is 9.47. The highest BCUT2D eigenvalue weighted by Gasteiger charge is 2.46. The van der Waals surface area contributed by atoms with Gasteiger partial charge >= 0.3 is 0 Å². The zero-order chi connectivity index (χ0) is 25.0. The number of carbonyl (C=O) groups is 2. The van der Waals surface area contributed by atoms with Crippen molar-refractivity contribution < 1.29 is 28.9 Å². The molecule has 1 amide bonds. The fourth-order valence-corrected chi connectivity index (χ4v) is 4.30. The van der Waals surface area contributed by atoms with E-state index in [9.17, 15) is 14.7 Å². The molecule has 2 aromatic rings. The molecule has 0 aromatic heterocycles. The van der Waals surface area contributed by atoms with E-state index >= 15 is 0 Å². The van der Waals surface area contributed by atoms with Crippen molar-refractivity contribution in [3.05, 3.63) is 57.6 Å². The van der Waals surface area contributed by atoms with Gasteiger partial charge in [-0.25, -0.2) is 0 Å². The average Bonchev–Trinajstić information content (AvgIpc) is 3.07. The molecule has 9 heteroatoms. The van der Waals surface area contributed by atoms with Gasteiger partial charge in [-0.05, 0) is 56.9 Å². The summed E-state index contributed by atoms with van der Waals surface area (Å²) in [4.78, 5) is 29.8. The number of hydrogen-bond donors (Lipinski definition) is 1. The Hall–Kier alpha value is -3.04. The third-order valence-electron chi connectivity index (χ3n) is 5.66. The fourth-order valence-electron chi connectivity index (χ4n) is 4.04. The third kappa shape index (κ3) is 5.05. The van der Waals surface area contributed by atoms with Gasteiger partial charge in [0.05, 0.1) is 32.9 Å². The van der Waals surface area contributed by atoms with Crippen LogP contribution in [0.4, 0.5) is 0 Å². The Morgan fingerprint density at radius 2 is 1.62 bits per heavy atom. The molecule has 0 saturated carbocycles. The Labute approximate surface area is 207 Å². The Morgan fingerprint density at radius 1 is 1.03 bits per heavy atom. The lowest BCUT2D eigenvalue weighted by Gasteiger charge is -2.27. The molecule has 2 aromatic carbocycles. The molecular weight excluding hydrogens is 504 g/mol. The summed E-state index contributed by atoms with van der Waals surface area (Å²) in [5, 5.41) is 11.2. The normalized spacial score (nSPS) is 17.4. The monoisotopic (exact) mass is 532 g/mol. The van der Waals surface area contributed by atoms with Crippen LogP contribution in [-0.2, 0) is 9.59 Å². The van der Waals surface area contributed by atoms with Gasteiger partial charge in [0.1, 0.15) is 5.76 Å². The number of benzene rings is 2. The summed E-state index contributed by atoms with van der Waals surface area (Å²) in [6.07, 6.45) is 0.652. The molecule has 0 bridgehead atoms. The zero-order valence-corrected chi connectivity index (χ0v) is 21.5. The van der Waals surface area contributed by atoms with Gasteiger partial charge in [-0.3, -0.25) is 9.59 Å². The van der Waals surface area contributed by atoms with Crippen LogP contribution in [0.2, 0.25) is 0 Å². The second kappa shape index (κ2) is 10.9. The number of hydrogen-bond acceptors (Lipinski definition) is 7. The molecule has 34 heavy (non-hydrogen) atoms. The van der Waals surface area contributed by atoms with Crippen molar-refractivity contribution in [1.29, 1.82) is 0 Å². The zero-order valence-electron chi connectivity index (χ0n) is 19.9. The van der Waals surface area contributed by atoms with E-state index in [2.05, 4.69) is 15.9 Å². The summed E-state index contributed by atoms with van der Waals surface area (Å²) in [7, 11) is 8.38. The standard InChI is InChI=1S/C25H29BrN2O6/c1-27(2)11-6-12-28-21(16-13-18(32-3)24(34-5)19(14-16)33-4)20(23(30)25(28)31)22(29)15-7-9-17(26)10-8-15/h7-10,13-14,21,29H,6,11-12H2,1-5H3/t21-/m0/s1. The number of carbonyl (C=O) groups excluding carboxylic acids is 2. The van der Waals surface area contributed by atoms with Gasteiger partial charge < -0.3 is 29.1 Å². The summed E-state index contributed by atoms with van der Waals surface area (Å²) >= 11 is 3.37. The number of likely N-dealkylation sites (tertiary alicyclic amines) is 1. The van der Waals surface area contributed by atoms with Gasteiger partial charge in [0.2, 0.25) is 5.75 Å². The number of Topliss-reactive ketones (excluding diaryl/α,β-unsaturated/α-hetero) is 1. The summed E-state index contributed by atoms with van der Waals surface area (Å²) in [5.41, 5.74) is 1.02. The van der Waals surface area contributed by atoms with E-state index < -0.39 is 17.7 Å². The Kier molecular flexibility index (Phi) is 8.22. The van der Waals surface area contributed by atoms with E-state index in [4.69, 9.17) is 14.2 Å². The number of aliphatic hydroxyl groups excluding tert-OH is 1. The maximum atomic E-state index is 13.2. The minimum Gasteiger partial charge on any atom is -0.507 e. The molecule has 0 aliphatic carbocycles. The maximum Gasteiger partial charge on any atom is 0.295 e. The first-order valence-electron chi connectivity index (χ1n) is 10.7. The molecule has 0 radical (unpaired) electrons. The summed E-state index contributed by atoms with van der Waals surface area (Å²) in [6.45, 7) is 1.07. The van der Waals surface area contributed by atoms with Gasteiger partial charge in [0, 0.05) is 16.6 Å². The van der Waals surface area contributed by atoms with Crippen LogP contribution >= 0.6 is 15.9 Å². The lowest BCUT2D eigenvalue weighted by molar-refractivity contribution is -0.139. The van der Waals surface area contributed by atoms with Gasteiger partial charge in [0.25, 0.3) is 11.7 Å². The SMILES string of the molecule is COc1cc([C@H]2C(=C(O)c3ccc(Br)cc3)C(=O)C(=O)N2CCCN(C)C)cc(OC)c1OC. The molecular formula is C25H29BrN2O6. The molecule has 0 unspecified atom stereocenters. The molecule has 1 aliphatic heterocycles. The Bertz CT molecular complexity index is 1070. The van der Waals surface area contributed by atoms with E-state index in [1.807, 2.05) is 19.0 Å². The van der Waals surface area contributed by atoms with Crippen LogP contribution in [0.1, 0.15) is 23.6 Å². The quantitative estimate of drug-likeness (QED) is 0.298. The number of ketones is 1. The van der Waals surface area contributed by atoms with E-state index in [0.717, 1.165) is 11.0 Å². The van der Waals surface area contributed by atoms with Crippen molar-refractivity contribution in [2.24, 2.45) is 0 Å². The van der Waals surface area contributed by atoms with E-state index in [-0.39, 0.29) is 11.3 Å². The highest BCUT2D eigenvalue weighted by atomic mass is 79.9. The lowest BCUT2D eigenvalue weighted by atomic mass is 9.94. The molecule has 0 spiro atoms. The van der Waals surface area contributed by atoms with Crippen LogP contribution in [0.3, 0.4) is 0 Å². The van der Waals surface area contributed by atoms with Crippen molar-refractivity contribution in [2.45, 2.75) is 12.5 Å². The number of methoxy groups -OCH3 is 3. The van der Waals surface area contributed by atoms with Gasteiger partial charge in [0.15, 0.2) is 11.5 Å². The fraction of sp³-hybridized carbons (Fsp3) is 0.360. The van der Waals surface area contributed by atoms with E-state index in [1.54, 1.807) is 36.4 Å². The maximum absolute atomic E-state index is 13.2. The number of rotatable bonds is 9. The molecule has 1 heterocycles. The Morgan fingerprint density at radius 3 is 2.12 bits per heavy atom. The molecule has 182 valence electrons. The van der Waals surface area contributed by atoms with Crippen molar-refractivity contribution in [3.8, 4) is 17.2 Å². The molecule has 1 saturated heterocycles. The molecule has 1 N–H and O–H groups in total. The summed E-state index contributed by atoms with van der Waals surface area (Å²) in [5.74, 6) is -0.454. The molecule has 1 aliphatic rings. The molecule has 1 atom stereocenters. The van der Waals surface area contributed by atoms with E-state index in [1.165, 1.54) is 26.2 Å². The summed E-state index contributed by atoms with van der Waals surface area (Å²) < 4.78 is 17.2. The number of halogens is 1. The van der Waals surface area contributed by atoms with Crippen LogP contribution < -0.4 is 14.2 Å². The van der Waals surface area contributed by atoms with Crippen LogP contribution in [0.25, 0.3) is 5.76 Å². The van der Waals surface area contributed by atoms with Crippen molar-refractivity contribution in [3.63, 3.8) is 0 Å². The second-order valence-electron chi connectivity index (χ2n) is 8.11. The topological polar surface area (TPSA) is 88.5 Å². The highest BCUT2D eigenvalue weighted by molar-refractivity contribution is 9.10. The molecule has 1 fully saturated rings. The first-order valence-corrected chi connectivity index (χ1v) is 11.5. The number of nitrogens with zero attached hydrogens (tertiary/aromatic N) is 2. The second-order valence-corrected chi connectivity index (χ2v) is 9.03. The average molecular weight is 533 g/mol. The molecule has 3 rings (SSSR count). The van der Waals surface area contributed by atoms with E-state index in [0.29, 0.717) is 41.3 Å². The number of amides is 1. The minimum absolute atomic E-state index is 0.0199.